The Kier molecular flexibility index (Phi) is 5.12. The molecule has 38 heavy (non-hydrogen) atoms. The number of fused-ring (bicyclic) bond motifs is 1. The molecule has 4 unspecified atom stereocenters. The van der Waals surface area contributed by atoms with Crippen molar-refractivity contribution >= 4 is 29.6 Å². The molecule has 4 atom stereocenters. The van der Waals surface area contributed by atoms with Gasteiger partial charge < -0.3 is 37.2 Å². The third kappa shape index (κ3) is 3.21. The van der Waals surface area contributed by atoms with Crippen LogP contribution in [0.4, 0.5) is 0 Å². The number of amides is 3. The van der Waals surface area contributed by atoms with Gasteiger partial charge in [0.05, 0.1) is 12.6 Å². The number of carbonyl (C=O) groups excluding carboxylic acids is 3. The molecule has 2 saturated heterocycles. The molecular weight excluding hydrogens is 492 g/mol. The van der Waals surface area contributed by atoms with Crippen molar-refractivity contribution < 1.29 is 24.6 Å². The molecule has 0 aromatic heterocycles. The van der Waals surface area contributed by atoms with E-state index in [0.29, 0.717) is 5.56 Å². The SMILES string of the molecule is CC1(C)CCc2cccc(C(=O)NC3CN4C(N)=NC(CN5C(=O)CCC5=O)C5N=C(N)NC54C3(O)O)c21. The van der Waals surface area contributed by atoms with Crippen molar-refractivity contribution in [3.8, 4) is 0 Å². The highest BCUT2D eigenvalue weighted by Crippen LogP contribution is 2.45. The van der Waals surface area contributed by atoms with Crippen LogP contribution in [0.3, 0.4) is 0 Å². The van der Waals surface area contributed by atoms with Gasteiger partial charge in [0, 0.05) is 24.9 Å². The fourth-order valence-corrected chi connectivity index (χ4v) is 6.85. The largest absolute Gasteiger partial charge is 0.370 e. The Morgan fingerprint density at radius 3 is 2.58 bits per heavy atom. The zero-order chi connectivity index (χ0) is 27.2. The molecule has 1 aromatic carbocycles. The third-order valence-corrected chi connectivity index (χ3v) is 8.72. The molecule has 0 bridgehead atoms. The first kappa shape index (κ1) is 24.6. The molecule has 13 nitrogen and oxygen atoms in total. The predicted octanol–water partition coefficient (Wildman–Crippen LogP) is -2.17. The minimum Gasteiger partial charge on any atom is -0.370 e. The van der Waals surface area contributed by atoms with Crippen LogP contribution in [0, 0.1) is 0 Å². The summed E-state index contributed by atoms with van der Waals surface area (Å²) in [5.41, 5.74) is 12.9. The fraction of sp³-hybridized carbons (Fsp3) is 0.560. The first-order valence-corrected chi connectivity index (χ1v) is 12.8. The number of aryl methyl sites for hydroxylation is 1. The van der Waals surface area contributed by atoms with E-state index in [2.05, 4.69) is 34.5 Å². The number of guanidine groups is 2. The number of hydrogen-bond acceptors (Lipinski definition) is 11. The van der Waals surface area contributed by atoms with Gasteiger partial charge in [-0.3, -0.25) is 19.3 Å². The lowest BCUT2D eigenvalue weighted by Crippen LogP contribution is -2.78. The molecule has 202 valence electrons. The predicted molar refractivity (Wildman–Crippen MR) is 136 cm³/mol. The number of nitrogens with one attached hydrogen (secondary N) is 2. The van der Waals surface area contributed by atoms with Crippen LogP contribution in [0.25, 0.3) is 0 Å². The van der Waals surface area contributed by atoms with Crippen LogP contribution in [0.5, 0.6) is 0 Å². The van der Waals surface area contributed by atoms with Crippen LogP contribution in [-0.4, -0.2) is 92.3 Å². The number of hydrogen-bond donors (Lipinski definition) is 6. The molecule has 1 aliphatic carbocycles. The van der Waals surface area contributed by atoms with E-state index >= 15 is 0 Å². The van der Waals surface area contributed by atoms with Gasteiger partial charge in [0.1, 0.15) is 12.1 Å². The van der Waals surface area contributed by atoms with Crippen LogP contribution in [-0.2, 0) is 21.4 Å². The molecule has 3 amide bonds. The summed E-state index contributed by atoms with van der Waals surface area (Å²) in [6.07, 6.45) is 1.99. The van der Waals surface area contributed by atoms with Crippen LogP contribution in [0.15, 0.2) is 28.2 Å². The molecule has 5 aliphatic rings. The van der Waals surface area contributed by atoms with Crippen molar-refractivity contribution in [2.75, 3.05) is 13.1 Å². The Morgan fingerprint density at radius 2 is 1.87 bits per heavy atom. The van der Waals surface area contributed by atoms with Crippen LogP contribution < -0.4 is 22.1 Å². The number of nitrogens with two attached hydrogens (primary N) is 2. The van der Waals surface area contributed by atoms with Crippen LogP contribution in [0.2, 0.25) is 0 Å². The van der Waals surface area contributed by atoms with E-state index in [1.54, 1.807) is 6.07 Å². The van der Waals surface area contributed by atoms with Gasteiger partial charge in [-0.25, -0.2) is 9.98 Å². The molecular formula is C25H32N8O5. The lowest BCUT2D eigenvalue weighted by Gasteiger charge is -2.49. The Balaban J connectivity index is 1.33. The Hall–Kier alpha value is -3.71. The number of benzene rings is 1. The molecule has 4 aliphatic heterocycles. The molecule has 6 rings (SSSR count). The van der Waals surface area contributed by atoms with Crippen molar-refractivity contribution in [3.63, 3.8) is 0 Å². The minimum absolute atomic E-state index is 0.0475. The molecule has 4 heterocycles. The second-order valence-electron chi connectivity index (χ2n) is 11.4. The number of carbonyl (C=O) groups is 3. The number of aliphatic hydroxyl groups is 2. The topological polar surface area (TPSA) is 199 Å². The van der Waals surface area contributed by atoms with Crippen molar-refractivity contribution in [3.05, 3.63) is 34.9 Å². The van der Waals surface area contributed by atoms with Crippen LogP contribution >= 0.6 is 0 Å². The number of imide groups is 1. The number of nitrogens with zero attached hydrogens (tertiary/aromatic N) is 4. The van der Waals surface area contributed by atoms with Gasteiger partial charge in [-0.05, 0) is 35.4 Å². The summed E-state index contributed by atoms with van der Waals surface area (Å²) < 4.78 is 0. The van der Waals surface area contributed by atoms with Crippen molar-refractivity contribution in [2.24, 2.45) is 21.5 Å². The summed E-state index contributed by atoms with van der Waals surface area (Å²) in [4.78, 5) is 49.5. The van der Waals surface area contributed by atoms with E-state index in [-0.39, 0.29) is 55.1 Å². The third-order valence-electron chi connectivity index (χ3n) is 8.72. The molecule has 0 radical (unpaired) electrons. The monoisotopic (exact) mass is 524 g/mol. The maximum Gasteiger partial charge on any atom is 0.252 e. The van der Waals surface area contributed by atoms with Crippen LogP contribution in [0.1, 0.15) is 54.6 Å². The van der Waals surface area contributed by atoms with Gasteiger partial charge in [-0.15, -0.1) is 0 Å². The van der Waals surface area contributed by atoms with Gasteiger partial charge in [-0.1, -0.05) is 26.0 Å². The van der Waals surface area contributed by atoms with Gasteiger partial charge in [0.15, 0.2) is 17.6 Å². The van der Waals surface area contributed by atoms with E-state index in [1.165, 1.54) is 4.90 Å². The summed E-state index contributed by atoms with van der Waals surface area (Å²) in [5.74, 6) is -3.84. The quantitative estimate of drug-likeness (QED) is 0.187. The molecule has 1 aromatic rings. The van der Waals surface area contributed by atoms with E-state index < -0.39 is 35.5 Å². The highest BCUT2D eigenvalue weighted by molar-refractivity contribution is 6.02. The van der Waals surface area contributed by atoms with Gasteiger partial charge in [0.2, 0.25) is 17.6 Å². The zero-order valence-electron chi connectivity index (χ0n) is 21.3. The first-order chi connectivity index (χ1) is 17.9. The number of likely N-dealkylation sites (tertiary alicyclic amines) is 1. The van der Waals surface area contributed by atoms with E-state index in [1.807, 2.05) is 12.1 Å². The average Bonchev–Trinajstić information content (AvgIpc) is 3.54. The Morgan fingerprint density at radius 1 is 1.16 bits per heavy atom. The summed E-state index contributed by atoms with van der Waals surface area (Å²) in [6.45, 7) is 3.96. The number of aliphatic imine (C=N–C) groups is 2. The molecule has 1 spiro atoms. The standard InChI is InChI=1S/C25H32N8O5/c1-23(2)9-8-12-4-3-5-13(18(12)23)20(36)29-15-11-33-22(27)28-14(10-32-16(34)6-7-17(32)35)19-24(33,25(15,37)38)31-21(26)30-19/h3-5,14-15,19,37-38H,6-11H2,1-2H3,(H2,27,28)(H,29,36)(H3,26,30,31). The first-order valence-electron chi connectivity index (χ1n) is 12.8. The molecule has 0 saturated carbocycles. The van der Waals surface area contributed by atoms with E-state index in [4.69, 9.17) is 11.5 Å². The van der Waals surface area contributed by atoms with Crippen molar-refractivity contribution in [1.29, 1.82) is 0 Å². The Bertz CT molecular complexity index is 1310. The van der Waals surface area contributed by atoms with Gasteiger partial charge >= 0.3 is 0 Å². The van der Waals surface area contributed by atoms with Gasteiger partial charge in [0.25, 0.3) is 5.91 Å². The maximum atomic E-state index is 13.6. The fourth-order valence-electron chi connectivity index (χ4n) is 6.85. The highest BCUT2D eigenvalue weighted by atomic mass is 16.5. The summed E-state index contributed by atoms with van der Waals surface area (Å²) in [6, 6.07) is 2.50. The smallest absolute Gasteiger partial charge is 0.252 e. The van der Waals surface area contributed by atoms with Gasteiger partial charge in [-0.2, -0.15) is 0 Å². The normalized spacial score (nSPS) is 32.4. The van der Waals surface area contributed by atoms with Crippen molar-refractivity contribution in [2.45, 2.75) is 74.5 Å². The van der Waals surface area contributed by atoms with E-state index in [9.17, 15) is 24.6 Å². The minimum atomic E-state index is -2.61. The molecule has 8 N–H and O–H groups in total. The lowest BCUT2D eigenvalue weighted by atomic mass is 9.83. The second kappa shape index (κ2) is 7.90. The summed E-state index contributed by atoms with van der Waals surface area (Å²) in [5, 5.41) is 29.0. The van der Waals surface area contributed by atoms with E-state index in [0.717, 1.165) is 28.9 Å². The summed E-state index contributed by atoms with van der Waals surface area (Å²) >= 11 is 0. The zero-order valence-corrected chi connectivity index (χ0v) is 21.3. The Labute approximate surface area is 218 Å². The highest BCUT2D eigenvalue weighted by Gasteiger charge is 2.73. The molecule has 13 heteroatoms. The van der Waals surface area contributed by atoms with Crippen molar-refractivity contribution in [1.82, 2.24) is 20.4 Å². The number of rotatable bonds is 4. The maximum absolute atomic E-state index is 13.6. The lowest BCUT2D eigenvalue weighted by molar-refractivity contribution is -0.230. The molecule has 2 fully saturated rings. The summed E-state index contributed by atoms with van der Waals surface area (Å²) in [7, 11) is 0. The second-order valence-corrected chi connectivity index (χ2v) is 11.4. The average molecular weight is 525 g/mol.